The number of hydrogen-bond acceptors (Lipinski definition) is 4. The van der Waals surface area contributed by atoms with E-state index < -0.39 is 29.7 Å². The van der Waals surface area contributed by atoms with Crippen molar-refractivity contribution in [2.24, 2.45) is 0 Å². The molecule has 2 atom stereocenters. The van der Waals surface area contributed by atoms with Gasteiger partial charge in [-0.1, -0.05) is 30.3 Å². The third-order valence-corrected chi connectivity index (χ3v) is 3.90. The molecule has 1 fully saturated rings. The standard InChI is InChI=1S/C19H25N2O4/c1-19(2,3)25-18(24)21-11-7-10-16(21)17(23)20-15(13-22)12-14-8-5-4-6-9-14/h4-6,8-9,13,15-16H,7,10-12H2,1-3H3/t15-,16-/m0/s1. The number of aldehydes is 1. The van der Waals surface area contributed by atoms with Crippen LogP contribution in [0.25, 0.3) is 0 Å². The van der Waals surface area contributed by atoms with Crippen molar-refractivity contribution in [2.45, 2.75) is 57.7 Å². The first-order valence-electron chi connectivity index (χ1n) is 8.53. The third kappa shape index (κ3) is 5.59. The highest BCUT2D eigenvalue weighted by Gasteiger charge is 2.37. The fourth-order valence-corrected chi connectivity index (χ4v) is 2.79. The summed E-state index contributed by atoms with van der Waals surface area (Å²) < 4.78 is 5.35. The highest BCUT2D eigenvalue weighted by atomic mass is 16.6. The molecule has 1 heterocycles. The second-order valence-corrected chi connectivity index (χ2v) is 7.19. The van der Waals surface area contributed by atoms with Gasteiger partial charge in [0.15, 0.2) is 0 Å². The quantitative estimate of drug-likeness (QED) is 0.767. The van der Waals surface area contributed by atoms with Crippen LogP contribution in [-0.4, -0.2) is 47.4 Å². The topological polar surface area (TPSA) is 77.8 Å². The molecule has 6 nitrogen and oxygen atoms in total. The smallest absolute Gasteiger partial charge is 0.410 e. The molecule has 0 N–H and O–H groups in total. The molecule has 0 aromatic heterocycles. The van der Waals surface area contributed by atoms with Crippen LogP contribution in [0.1, 0.15) is 39.2 Å². The number of rotatable bonds is 5. The van der Waals surface area contributed by atoms with Crippen molar-refractivity contribution in [3.05, 3.63) is 35.9 Å². The number of carbonyl (C=O) groups is 3. The van der Waals surface area contributed by atoms with Gasteiger partial charge in [-0.25, -0.2) is 10.1 Å². The Labute approximate surface area is 148 Å². The summed E-state index contributed by atoms with van der Waals surface area (Å²) in [4.78, 5) is 37.5. The minimum atomic E-state index is -0.740. The molecule has 6 heteroatoms. The minimum absolute atomic E-state index is 0.370. The Balaban J connectivity index is 1.98. The molecule has 0 bridgehead atoms. The van der Waals surface area contributed by atoms with Gasteiger partial charge in [0.05, 0.1) is 0 Å². The van der Waals surface area contributed by atoms with E-state index in [-0.39, 0.29) is 0 Å². The van der Waals surface area contributed by atoms with Crippen molar-refractivity contribution >= 4 is 18.3 Å². The first-order chi connectivity index (χ1) is 11.8. The zero-order valence-corrected chi connectivity index (χ0v) is 15.0. The summed E-state index contributed by atoms with van der Waals surface area (Å²) in [7, 11) is 0. The molecule has 1 aromatic carbocycles. The maximum Gasteiger partial charge on any atom is 0.410 e. The lowest BCUT2D eigenvalue weighted by atomic mass is 10.1. The lowest BCUT2D eigenvalue weighted by Crippen LogP contribution is -2.47. The van der Waals surface area contributed by atoms with Gasteiger partial charge in [0, 0.05) is 13.0 Å². The van der Waals surface area contributed by atoms with E-state index >= 15 is 0 Å². The van der Waals surface area contributed by atoms with Crippen LogP contribution in [0.4, 0.5) is 4.79 Å². The molecule has 0 saturated carbocycles. The Morgan fingerprint density at radius 2 is 2.00 bits per heavy atom. The van der Waals surface area contributed by atoms with Crippen molar-refractivity contribution in [3.8, 4) is 0 Å². The van der Waals surface area contributed by atoms with E-state index in [0.717, 1.165) is 12.0 Å². The van der Waals surface area contributed by atoms with E-state index in [4.69, 9.17) is 4.74 Å². The van der Waals surface area contributed by atoms with Crippen LogP contribution in [0.3, 0.4) is 0 Å². The SMILES string of the molecule is CC(C)(C)OC(=O)N1CCC[C@H]1C(=O)[N][C@H](C=O)Cc1ccccc1. The minimum Gasteiger partial charge on any atom is -0.444 e. The van der Waals surface area contributed by atoms with Crippen molar-refractivity contribution in [3.63, 3.8) is 0 Å². The lowest BCUT2D eigenvalue weighted by molar-refractivity contribution is -0.128. The highest BCUT2D eigenvalue weighted by molar-refractivity contribution is 5.87. The molecule has 0 spiro atoms. The first kappa shape index (κ1) is 19.0. The van der Waals surface area contributed by atoms with Crippen molar-refractivity contribution in [2.75, 3.05) is 6.54 Å². The fraction of sp³-hybridized carbons (Fsp3) is 0.526. The zero-order valence-electron chi connectivity index (χ0n) is 15.0. The Bertz CT molecular complexity index is 610. The van der Waals surface area contributed by atoms with Crippen molar-refractivity contribution < 1.29 is 19.1 Å². The van der Waals surface area contributed by atoms with Gasteiger partial charge in [-0.3, -0.25) is 9.69 Å². The maximum atomic E-state index is 12.5. The first-order valence-corrected chi connectivity index (χ1v) is 8.53. The van der Waals surface area contributed by atoms with Crippen LogP contribution >= 0.6 is 0 Å². The summed E-state index contributed by atoms with van der Waals surface area (Å²) >= 11 is 0. The Kier molecular flexibility index (Phi) is 6.17. The second-order valence-electron chi connectivity index (χ2n) is 7.19. The average molecular weight is 345 g/mol. The number of amides is 2. The van der Waals surface area contributed by atoms with E-state index in [9.17, 15) is 14.4 Å². The zero-order chi connectivity index (χ0) is 18.4. The van der Waals surface area contributed by atoms with E-state index in [1.807, 2.05) is 30.3 Å². The van der Waals surface area contributed by atoms with Gasteiger partial charge in [-0.15, -0.1) is 0 Å². The number of nitrogens with zero attached hydrogens (tertiary/aromatic N) is 2. The molecule has 2 rings (SSSR count). The van der Waals surface area contributed by atoms with Crippen LogP contribution in [0.5, 0.6) is 0 Å². The Morgan fingerprint density at radius 1 is 1.32 bits per heavy atom. The summed E-state index contributed by atoms with van der Waals surface area (Å²) in [5.41, 5.74) is 0.315. The average Bonchev–Trinajstić information content (AvgIpc) is 3.03. The fourth-order valence-electron chi connectivity index (χ4n) is 2.79. The molecule has 0 unspecified atom stereocenters. The summed E-state index contributed by atoms with van der Waals surface area (Å²) in [6.45, 7) is 5.81. The van der Waals surface area contributed by atoms with Crippen LogP contribution in [0.2, 0.25) is 0 Å². The summed E-state index contributed by atoms with van der Waals surface area (Å²) in [6.07, 6.45) is 1.80. The summed E-state index contributed by atoms with van der Waals surface area (Å²) in [5.74, 6) is -0.434. The summed E-state index contributed by atoms with van der Waals surface area (Å²) in [6, 6.07) is 8.03. The van der Waals surface area contributed by atoms with Gasteiger partial charge in [-0.2, -0.15) is 0 Å². The molecule has 1 aromatic rings. The van der Waals surface area contributed by atoms with Gasteiger partial charge in [0.1, 0.15) is 24.0 Å². The molecular formula is C19H25N2O4. The largest absolute Gasteiger partial charge is 0.444 e. The Hall–Kier alpha value is -2.37. The molecule has 135 valence electrons. The van der Waals surface area contributed by atoms with Gasteiger partial charge in [0.25, 0.3) is 5.91 Å². The number of likely N-dealkylation sites (tertiary alicyclic amines) is 1. The number of ether oxygens (including phenoxy) is 1. The number of hydrogen-bond donors (Lipinski definition) is 0. The van der Waals surface area contributed by atoms with E-state index in [2.05, 4.69) is 5.32 Å². The molecule has 0 aliphatic carbocycles. The molecule has 25 heavy (non-hydrogen) atoms. The predicted molar refractivity (Wildman–Crippen MR) is 93.1 cm³/mol. The number of benzene rings is 1. The van der Waals surface area contributed by atoms with Gasteiger partial charge >= 0.3 is 6.09 Å². The molecule has 1 aliphatic heterocycles. The van der Waals surface area contributed by atoms with Gasteiger partial charge < -0.3 is 9.53 Å². The lowest BCUT2D eigenvalue weighted by Gasteiger charge is -2.28. The van der Waals surface area contributed by atoms with E-state index in [1.54, 1.807) is 20.8 Å². The molecule has 2 amide bonds. The van der Waals surface area contributed by atoms with E-state index in [1.165, 1.54) is 4.90 Å². The third-order valence-electron chi connectivity index (χ3n) is 3.90. The maximum absolute atomic E-state index is 12.5. The van der Waals surface area contributed by atoms with Crippen LogP contribution < -0.4 is 5.32 Å². The monoisotopic (exact) mass is 345 g/mol. The summed E-state index contributed by atoms with van der Waals surface area (Å²) in [5, 5.41) is 4.04. The van der Waals surface area contributed by atoms with Crippen LogP contribution in [0, 0.1) is 0 Å². The molecule has 1 radical (unpaired) electrons. The van der Waals surface area contributed by atoms with Crippen molar-refractivity contribution in [1.82, 2.24) is 10.2 Å². The second kappa shape index (κ2) is 8.14. The highest BCUT2D eigenvalue weighted by Crippen LogP contribution is 2.21. The number of carbonyl (C=O) groups excluding carboxylic acids is 3. The Morgan fingerprint density at radius 3 is 2.60 bits per heavy atom. The molecular weight excluding hydrogens is 320 g/mol. The van der Waals surface area contributed by atoms with Crippen LogP contribution in [-0.2, 0) is 20.7 Å². The van der Waals surface area contributed by atoms with Gasteiger partial charge in [0.2, 0.25) is 0 Å². The van der Waals surface area contributed by atoms with Crippen molar-refractivity contribution in [1.29, 1.82) is 0 Å². The normalized spacial score (nSPS) is 18.5. The van der Waals surface area contributed by atoms with Crippen LogP contribution in [0.15, 0.2) is 30.3 Å². The van der Waals surface area contributed by atoms with E-state index in [0.29, 0.717) is 25.7 Å². The van der Waals surface area contributed by atoms with Gasteiger partial charge in [-0.05, 0) is 39.2 Å². The predicted octanol–water partition coefficient (Wildman–Crippen LogP) is 2.33. The molecule has 1 aliphatic rings. The molecule has 1 saturated heterocycles.